The Bertz CT molecular complexity index is 473. The third-order valence-corrected chi connectivity index (χ3v) is 2.52. The van der Waals surface area contributed by atoms with E-state index in [4.69, 9.17) is 5.73 Å². The largest absolute Gasteiger partial charge is 0.330 e. The second-order valence-electron chi connectivity index (χ2n) is 4.52. The fraction of sp³-hybridized carbons (Fsp3) is 0.500. The van der Waals surface area contributed by atoms with Crippen LogP contribution in [-0.4, -0.2) is 20.9 Å². The topological polar surface area (TPSA) is 56.2 Å². The second kappa shape index (κ2) is 4.61. The summed E-state index contributed by atoms with van der Waals surface area (Å²) < 4.78 is 1.99. The Morgan fingerprint density at radius 3 is 2.94 bits per heavy atom. The van der Waals surface area contributed by atoms with Crippen molar-refractivity contribution in [2.75, 3.05) is 6.54 Å². The first-order valence-electron chi connectivity index (χ1n) is 5.71. The van der Waals surface area contributed by atoms with E-state index < -0.39 is 0 Å². The van der Waals surface area contributed by atoms with Gasteiger partial charge < -0.3 is 5.73 Å². The highest BCUT2D eigenvalue weighted by atomic mass is 15.0. The molecule has 2 heterocycles. The van der Waals surface area contributed by atoms with Crippen LogP contribution >= 0.6 is 0 Å². The third kappa shape index (κ3) is 2.22. The quantitative estimate of drug-likeness (QED) is 0.844. The third-order valence-electron chi connectivity index (χ3n) is 2.52. The minimum absolute atomic E-state index is 0.614. The van der Waals surface area contributed by atoms with Crippen molar-refractivity contribution in [1.82, 2.24) is 14.4 Å². The van der Waals surface area contributed by atoms with Crippen LogP contribution in [0.5, 0.6) is 0 Å². The lowest BCUT2D eigenvalue weighted by molar-refractivity contribution is 0.645. The van der Waals surface area contributed by atoms with E-state index in [1.165, 1.54) is 5.56 Å². The molecule has 0 aliphatic heterocycles. The van der Waals surface area contributed by atoms with Gasteiger partial charge in [-0.3, -0.25) is 4.40 Å². The Labute approximate surface area is 95.5 Å². The summed E-state index contributed by atoms with van der Waals surface area (Å²) in [6.07, 6.45) is 7.55. The Morgan fingerprint density at radius 2 is 2.25 bits per heavy atom. The molecule has 0 radical (unpaired) electrons. The number of rotatable bonds is 4. The Kier molecular flexibility index (Phi) is 3.19. The van der Waals surface area contributed by atoms with Gasteiger partial charge in [-0.05, 0) is 18.9 Å². The molecule has 86 valence electrons. The van der Waals surface area contributed by atoms with Crippen molar-refractivity contribution >= 4 is 5.65 Å². The Morgan fingerprint density at radius 1 is 1.44 bits per heavy atom. The fourth-order valence-corrected chi connectivity index (χ4v) is 1.87. The molecule has 0 fully saturated rings. The number of imidazole rings is 1. The lowest BCUT2D eigenvalue weighted by Crippen LogP contribution is -2.02. The lowest BCUT2D eigenvalue weighted by atomic mass is 10.1. The van der Waals surface area contributed by atoms with Gasteiger partial charge in [0.2, 0.25) is 0 Å². The zero-order valence-electron chi connectivity index (χ0n) is 9.85. The summed E-state index contributed by atoms with van der Waals surface area (Å²) in [6.45, 7) is 5.04. The predicted molar refractivity (Wildman–Crippen MR) is 64.3 cm³/mol. The molecule has 0 aliphatic carbocycles. The highest BCUT2D eigenvalue weighted by Gasteiger charge is 2.07. The first-order chi connectivity index (χ1) is 7.70. The number of hydrogen-bond acceptors (Lipinski definition) is 3. The van der Waals surface area contributed by atoms with Gasteiger partial charge in [0.1, 0.15) is 12.0 Å². The summed E-state index contributed by atoms with van der Waals surface area (Å²) in [5.74, 6) is 0.614. The van der Waals surface area contributed by atoms with E-state index in [0.29, 0.717) is 12.5 Å². The van der Waals surface area contributed by atoms with Gasteiger partial charge in [-0.25, -0.2) is 9.97 Å². The van der Waals surface area contributed by atoms with Crippen LogP contribution in [0.4, 0.5) is 0 Å². The first-order valence-corrected chi connectivity index (χ1v) is 5.71. The van der Waals surface area contributed by atoms with E-state index in [0.717, 1.165) is 24.2 Å². The molecule has 0 unspecified atom stereocenters. The molecule has 0 saturated heterocycles. The molecule has 4 heteroatoms. The molecule has 4 nitrogen and oxygen atoms in total. The maximum absolute atomic E-state index is 5.54. The van der Waals surface area contributed by atoms with E-state index >= 15 is 0 Å². The molecular weight excluding hydrogens is 200 g/mol. The standard InChI is InChI=1S/C12H18N4/c1-9(2)5-10-6-14-8-16-7-11(3-4-13)15-12(10)16/h6-9H,3-5,13H2,1-2H3. The van der Waals surface area contributed by atoms with Crippen LogP contribution in [0.2, 0.25) is 0 Å². The molecule has 0 atom stereocenters. The van der Waals surface area contributed by atoms with Crippen LogP contribution in [0.15, 0.2) is 18.7 Å². The van der Waals surface area contributed by atoms with Gasteiger partial charge in [0.25, 0.3) is 0 Å². The van der Waals surface area contributed by atoms with Gasteiger partial charge in [0.15, 0.2) is 0 Å². The average molecular weight is 218 g/mol. The molecule has 2 aromatic rings. The summed E-state index contributed by atoms with van der Waals surface area (Å²) in [5, 5.41) is 0. The fourth-order valence-electron chi connectivity index (χ4n) is 1.87. The summed E-state index contributed by atoms with van der Waals surface area (Å²) in [7, 11) is 0. The molecule has 0 saturated carbocycles. The zero-order valence-corrected chi connectivity index (χ0v) is 9.85. The van der Waals surface area contributed by atoms with E-state index in [2.05, 4.69) is 23.8 Å². The number of nitrogens with two attached hydrogens (primary N) is 1. The minimum atomic E-state index is 0.614. The van der Waals surface area contributed by atoms with E-state index in [9.17, 15) is 0 Å². The highest BCUT2D eigenvalue weighted by Crippen LogP contribution is 2.14. The molecular formula is C12H18N4. The van der Waals surface area contributed by atoms with Crippen LogP contribution in [0.1, 0.15) is 25.1 Å². The van der Waals surface area contributed by atoms with Crippen molar-refractivity contribution < 1.29 is 0 Å². The molecule has 0 bridgehead atoms. The van der Waals surface area contributed by atoms with Crippen molar-refractivity contribution in [3.8, 4) is 0 Å². The first kappa shape index (κ1) is 11.1. The Balaban J connectivity index is 2.41. The summed E-state index contributed by atoms with van der Waals surface area (Å²) in [4.78, 5) is 8.83. The molecule has 16 heavy (non-hydrogen) atoms. The van der Waals surface area contributed by atoms with E-state index in [-0.39, 0.29) is 0 Å². The second-order valence-corrected chi connectivity index (χ2v) is 4.52. The molecule has 2 aromatic heterocycles. The van der Waals surface area contributed by atoms with Crippen LogP contribution in [0.25, 0.3) is 5.65 Å². The smallest absolute Gasteiger partial charge is 0.142 e. The van der Waals surface area contributed by atoms with Crippen molar-refractivity contribution in [2.24, 2.45) is 11.7 Å². The van der Waals surface area contributed by atoms with E-state index in [1.807, 2.05) is 16.8 Å². The predicted octanol–water partition coefficient (Wildman–Crippen LogP) is 1.43. The van der Waals surface area contributed by atoms with Crippen molar-refractivity contribution in [2.45, 2.75) is 26.7 Å². The minimum Gasteiger partial charge on any atom is -0.330 e. The number of fused-ring (bicyclic) bond motifs is 1. The lowest BCUT2D eigenvalue weighted by Gasteiger charge is -2.05. The zero-order chi connectivity index (χ0) is 11.5. The average Bonchev–Trinajstić information content (AvgIpc) is 2.61. The van der Waals surface area contributed by atoms with Gasteiger partial charge in [-0.2, -0.15) is 0 Å². The van der Waals surface area contributed by atoms with Crippen molar-refractivity contribution in [3.63, 3.8) is 0 Å². The molecule has 2 rings (SSSR count). The summed E-state index contributed by atoms with van der Waals surface area (Å²) in [5.41, 5.74) is 8.81. The number of nitrogens with zero attached hydrogens (tertiary/aromatic N) is 3. The van der Waals surface area contributed by atoms with Gasteiger partial charge in [0, 0.05) is 24.4 Å². The SMILES string of the molecule is CC(C)Cc1cncn2cc(CCN)nc12. The molecule has 0 spiro atoms. The normalized spacial score (nSPS) is 11.5. The maximum Gasteiger partial charge on any atom is 0.142 e. The van der Waals surface area contributed by atoms with Crippen LogP contribution in [-0.2, 0) is 12.8 Å². The number of aromatic nitrogens is 3. The van der Waals surface area contributed by atoms with Gasteiger partial charge in [-0.15, -0.1) is 0 Å². The summed E-state index contributed by atoms with van der Waals surface area (Å²) in [6, 6.07) is 0. The molecule has 0 aliphatic rings. The molecule has 0 aromatic carbocycles. The van der Waals surface area contributed by atoms with Crippen LogP contribution < -0.4 is 5.73 Å². The van der Waals surface area contributed by atoms with Gasteiger partial charge >= 0.3 is 0 Å². The van der Waals surface area contributed by atoms with Crippen LogP contribution in [0.3, 0.4) is 0 Å². The van der Waals surface area contributed by atoms with Gasteiger partial charge in [-0.1, -0.05) is 13.8 Å². The van der Waals surface area contributed by atoms with Crippen molar-refractivity contribution in [1.29, 1.82) is 0 Å². The highest BCUT2D eigenvalue weighted by molar-refractivity contribution is 5.47. The Hall–Kier alpha value is -1.42. The monoisotopic (exact) mass is 218 g/mol. The van der Waals surface area contributed by atoms with Crippen LogP contribution in [0, 0.1) is 5.92 Å². The van der Waals surface area contributed by atoms with Crippen molar-refractivity contribution in [3.05, 3.63) is 30.0 Å². The molecule has 0 amide bonds. The maximum atomic E-state index is 5.54. The van der Waals surface area contributed by atoms with Gasteiger partial charge in [0.05, 0.1) is 5.69 Å². The molecule has 2 N–H and O–H groups in total. The van der Waals surface area contributed by atoms with E-state index in [1.54, 1.807) is 6.33 Å². The number of hydrogen-bond donors (Lipinski definition) is 1. The summed E-state index contributed by atoms with van der Waals surface area (Å²) >= 11 is 0.